The maximum Gasteiger partial charge on any atom is 0.219 e. The Kier molecular flexibility index (Phi) is 6.69. The van der Waals surface area contributed by atoms with Crippen LogP contribution in [0.15, 0.2) is 0 Å². The van der Waals surface area contributed by atoms with Crippen molar-refractivity contribution in [2.24, 2.45) is 23.7 Å². The number of rotatable bonds is 3. The Bertz CT molecular complexity index is 354. The summed E-state index contributed by atoms with van der Waals surface area (Å²) in [5.74, 6) is 3.48. The van der Waals surface area contributed by atoms with Gasteiger partial charge in [0, 0.05) is 40.0 Å². The van der Waals surface area contributed by atoms with Crippen molar-refractivity contribution in [3.05, 3.63) is 0 Å². The third-order valence-corrected chi connectivity index (χ3v) is 4.51. The molecule has 0 aromatic carbocycles. The molecule has 0 aromatic heterocycles. The molecule has 0 radical (unpaired) electrons. The van der Waals surface area contributed by atoms with E-state index in [9.17, 15) is 9.59 Å². The third-order valence-electron chi connectivity index (χ3n) is 4.51. The Hall–Kier alpha value is -1.06. The molecule has 0 N–H and O–H groups in total. The molecule has 21 heavy (non-hydrogen) atoms. The summed E-state index contributed by atoms with van der Waals surface area (Å²) in [7, 11) is 0. The van der Waals surface area contributed by atoms with Crippen LogP contribution in [0.5, 0.6) is 0 Å². The Labute approximate surface area is 129 Å². The van der Waals surface area contributed by atoms with Gasteiger partial charge in [-0.3, -0.25) is 9.59 Å². The van der Waals surface area contributed by atoms with Crippen molar-refractivity contribution in [2.75, 3.05) is 26.2 Å². The normalized spacial score (nSPS) is 19.0. The van der Waals surface area contributed by atoms with Crippen LogP contribution in [0.25, 0.3) is 0 Å². The Morgan fingerprint density at radius 1 is 0.905 bits per heavy atom. The van der Waals surface area contributed by atoms with E-state index in [0.717, 1.165) is 49.9 Å². The fourth-order valence-electron chi connectivity index (χ4n) is 2.83. The van der Waals surface area contributed by atoms with E-state index in [2.05, 4.69) is 27.7 Å². The Morgan fingerprint density at radius 2 is 1.33 bits per heavy atom. The van der Waals surface area contributed by atoms with Crippen molar-refractivity contribution < 1.29 is 9.59 Å². The van der Waals surface area contributed by atoms with E-state index in [1.807, 2.05) is 9.80 Å². The van der Waals surface area contributed by atoms with Crippen LogP contribution in [-0.2, 0) is 9.59 Å². The summed E-state index contributed by atoms with van der Waals surface area (Å²) >= 11 is 0. The maximum absolute atomic E-state index is 10.8. The molecular weight excluding hydrogens is 264 g/mol. The number of amides is 2. The second-order valence-corrected chi connectivity index (χ2v) is 7.35. The predicted octanol–water partition coefficient (Wildman–Crippen LogP) is 2.63. The first-order valence-electron chi connectivity index (χ1n) is 8.21. The topological polar surface area (TPSA) is 40.6 Å². The molecule has 0 atom stereocenters. The first-order chi connectivity index (χ1) is 9.70. The average Bonchev–Trinajstić information content (AvgIpc) is 2.19. The van der Waals surface area contributed by atoms with Crippen LogP contribution in [0.4, 0.5) is 0 Å². The van der Waals surface area contributed by atoms with Crippen molar-refractivity contribution in [2.45, 2.75) is 48.0 Å². The van der Waals surface area contributed by atoms with Crippen molar-refractivity contribution in [3.63, 3.8) is 0 Å². The summed E-state index contributed by atoms with van der Waals surface area (Å²) in [6, 6.07) is 0. The van der Waals surface area contributed by atoms with Gasteiger partial charge in [0.2, 0.25) is 11.8 Å². The standard InChI is InChI=1S/C9H17NO.C8H15NO/c1-7(2)4-9-5-10(6-9)8(3)11;1-6(2)8-4-9(5-8)7(3)10/h7,9H,4-6H2,1-3H3;6,8H,4-5H2,1-3H3. The van der Waals surface area contributed by atoms with E-state index in [1.54, 1.807) is 13.8 Å². The number of carbonyl (C=O) groups excluding carboxylic acids is 2. The molecule has 4 nitrogen and oxygen atoms in total. The smallest absolute Gasteiger partial charge is 0.219 e. The van der Waals surface area contributed by atoms with Gasteiger partial charge in [-0.2, -0.15) is 0 Å². The Morgan fingerprint density at radius 3 is 1.67 bits per heavy atom. The largest absolute Gasteiger partial charge is 0.342 e. The van der Waals surface area contributed by atoms with Crippen molar-refractivity contribution in [1.29, 1.82) is 0 Å². The fourth-order valence-corrected chi connectivity index (χ4v) is 2.83. The number of carbonyl (C=O) groups is 2. The van der Waals surface area contributed by atoms with Gasteiger partial charge >= 0.3 is 0 Å². The average molecular weight is 296 g/mol. The minimum absolute atomic E-state index is 0.219. The maximum atomic E-state index is 10.8. The summed E-state index contributed by atoms with van der Waals surface area (Å²) in [6.07, 6.45) is 1.27. The van der Waals surface area contributed by atoms with Crippen LogP contribution in [0.1, 0.15) is 48.0 Å². The first-order valence-corrected chi connectivity index (χ1v) is 8.21. The van der Waals surface area contributed by atoms with Crippen LogP contribution in [0.2, 0.25) is 0 Å². The van der Waals surface area contributed by atoms with Gasteiger partial charge in [0.1, 0.15) is 0 Å². The lowest BCUT2D eigenvalue weighted by Gasteiger charge is -2.41. The molecule has 0 bridgehead atoms. The van der Waals surface area contributed by atoms with Gasteiger partial charge < -0.3 is 9.80 Å². The molecule has 2 rings (SSSR count). The number of nitrogens with zero attached hydrogens (tertiary/aromatic N) is 2. The molecule has 0 spiro atoms. The SMILES string of the molecule is CC(=O)N1CC(C(C)C)C1.CC(=O)N1CC(CC(C)C)C1. The van der Waals surface area contributed by atoms with Crippen LogP contribution in [-0.4, -0.2) is 47.8 Å². The van der Waals surface area contributed by atoms with E-state index in [4.69, 9.17) is 0 Å². The van der Waals surface area contributed by atoms with Crippen LogP contribution in [0, 0.1) is 23.7 Å². The van der Waals surface area contributed by atoms with Crippen molar-refractivity contribution in [1.82, 2.24) is 9.80 Å². The monoisotopic (exact) mass is 296 g/mol. The lowest BCUT2D eigenvalue weighted by Crippen LogP contribution is -2.50. The van der Waals surface area contributed by atoms with Crippen molar-refractivity contribution >= 4 is 11.8 Å². The zero-order valence-electron chi connectivity index (χ0n) is 14.6. The summed E-state index contributed by atoms with van der Waals surface area (Å²) in [5, 5.41) is 0. The van der Waals surface area contributed by atoms with E-state index in [-0.39, 0.29) is 11.8 Å². The molecule has 2 aliphatic rings. The summed E-state index contributed by atoms with van der Waals surface area (Å²) in [5.41, 5.74) is 0. The molecular formula is C17H32N2O2. The van der Waals surface area contributed by atoms with Crippen LogP contribution in [0.3, 0.4) is 0 Å². The molecule has 2 saturated heterocycles. The van der Waals surface area contributed by atoms with Gasteiger partial charge in [0.05, 0.1) is 0 Å². The second kappa shape index (κ2) is 7.81. The molecule has 122 valence electrons. The highest BCUT2D eigenvalue weighted by Gasteiger charge is 2.30. The highest BCUT2D eigenvalue weighted by molar-refractivity contribution is 5.74. The zero-order chi connectivity index (χ0) is 16.2. The van der Waals surface area contributed by atoms with Crippen LogP contribution >= 0.6 is 0 Å². The van der Waals surface area contributed by atoms with Gasteiger partial charge in [-0.25, -0.2) is 0 Å². The third kappa shape index (κ3) is 5.68. The zero-order valence-corrected chi connectivity index (χ0v) is 14.6. The molecule has 0 unspecified atom stereocenters. The van der Waals surface area contributed by atoms with Gasteiger partial charge in [-0.1, -0.05) is 27.7 Å². The van der Waals surface area contributed by atoms with Crippen LogP contribution < -0.4 is 0 Å². The number of hydrogen-bond donors (Lipinski definition) is 0. The molecule has 0 aromatic rings. The minimum atomic E-state index is 0.219. The highest BCUT2D eigenvalue weighted by Crippen LogP contribution is 2.23. The van der Waals surface area contributed by atoms with Gasteiger partial charge in [-0.15, -0.1) is 0 Å². The summed E-state index contributed by atoms with van der Waals surface area (Å²) in [6.45, 7) is 16.1. The molecule has 0 saturated carbocycles. The van der Waals surface area contributed by atoms with Gasteiger partial charge in [0.25, 0.3) is 0 Å². The van der Waals surface area contributed by atoms with E-state index < -0.39 is 0 Å². The first kappa shape index (κ1) is 18.0. The van der Waals surface area contributed by atoms with E-state index in [1.165, 1.54) is 6.42 Å². The Balaban J connectivity index is 0.000000211. The summed E-state index contributed by atoms with van der Waals surface area (Å²) < 4.78 is 0. The fraction of sp³-hybridized carbons (Fsp3) is 0.882. The molecule has 2 amide bonds. The lowest BCUT2D eigenvalue weighted by atomic mass is 9.88. The molecule has 2 aliphatic heterocycles. The second-order valence-electron chi connectivity index (χ2n) is 7.35. The number of hydrogen-bond acceptors (Lipinski definition) is 2. The van der Waals surface area contributed by atoms with Gasteiger partial charge in [-0.05, 0) is 30.1 Å². The predicted molar refractivity (Wildman–Crippen MR) is 85.8 cm³/mol. The molecule has 0 aliphatic carbocycles. The molecule has 2 heterocycles. The summed E-state index contributed by atoms with van der Waals surface area (Å²) in [4.78, 5) is 25.3. The lowest BCUT2D eigenvalue weighted by molar-refractivity contribution is -0.136. The van der Waals surface area contributed by atoms with Gasteiger partial charge in [0.15, 0.2) is 0 Å². The molecule has 2 fully saturated rings. The highest BCUT2D eigenvalue weighted by atomic mass is 16.2. The quantitative estimate of drug-likeness (QED) is 0.803. The van der Waals surface area contributed by atoms with E-state index >= 15 is 0 Å². The number of likely N-dealkylation sites (tertiary alicyclic amines) is 2. The minimum Gasteiger partial charge on any atom is -0.342 e. The molecule has 4 heteroatoms. The van der Waals surface area contributed by atoms with E-state index in [0.29, 0.717) is 0 Å². The van der Waals surface area contributed by atoms with Crippen molar-refractivity contribution in [3.8, 4) is 0 Å².